The van der Waals surface area contributed by atoms with E-state index in [4.69, 9.17) is 32.7 Å². The van der Waals surface area contributed by atoms with Crippen molar-refractivity contribution in [2.45, 2.75) is 13.5 Å². The fourth-order valence-corrected chi connectivity index (χ4v) is 3.79. The summed E-state index contributed by atoms with van der Waals surface area (Å²) in [6.45, 7) is 2.34. The molecular weight excluding hydrogens is 510 g/mol. The van der Waals surface area contributed by atoms with Gasteiger partial charge in [0.2, 0.25) is 0 Å². The number of hydrogen-bond donors (Lipinski definition) is 1. The van der Waals surface area contributed by atoms with Crippen molar-refractivity contribution in [3.8, 4) is 11.5 Å². The molecule has 0 atom stereocenters. The van der Waals surface area contributed by atoms with Gasteiger partial charge in [-0.05, 0) is 66.6 Å². The molecule has 0 unspecified atom stereocenters. The van der Waals surface area contributed by atoms with Crippen LogP contribution >= 0.6 is 23.2 Å². The number of carbonyl (C=O) groups is 3. The van der Waals surface area contributed by atoms with Gasteiger partial charge in [-0.25, -0.2) is 14.1 Å². The van der Waals surface area contributed by atoms with E-state index in [2.05, 4.69) is 5.32 Å². The third-order valence-electron chi connectivity index (χ3n) is 5.13. The van der Waals surface area contributed by atoms with Gasteiger partial charge in [-0.1, -0.05) is 41.4 Å². The Morgan fingerprint density at radius 2 is 1.75 bits per heavy atom. The van der Waals surface area contributed by atoms with Gasteiger partial charge in [0, 0.05) is 0 Å². The molecule has 0 aliphatic carbocycles. The van der Waals surface area contributed by atoms with Crippen LogP contribution in [0.3, 0.4) is 0 Å². The van der Waals surface area contributed by atoms with Crippen molar-refractivity contribution in [2.24, 2.45) is 0 Å². The summed E-state index contributed by atoms with van der Waals surface area (Å²) in [5.41, 5.74) is 0.944. The van der Waals surface area contributed by atoms with Gasteiger partial charge in [0.05, 0.1) is 22.3 Å². The molecule has 4 rings (SSSR count). The zero-order valence-corrected chi connectivity index (χ0v) is 20.4. The topological polar surface area (TPSA) is 84.9 Å². The molecule has 0 bridgehead atoms. The predicted molar refractivity (Wildman–Crippen MR) is 134 cm³/mol. The van der Waals surface area contributed by atoms with Crippen molar-refractivity contribution < 1.29 is 28.2 Å². The van der Waals surface area contributed by atoms with Crippen LogP contribution in [0.4, 0.5) is 14.9 Å². The second-order valence-corrected chi connectivity index (χ2v) is 8.43. The number of barbiturate groups is 1. The van der Waals surface area contributed by atoms with Gasteiger partial charge in [0.1, 0.15) is 18.0 Å². The summed E-state index contributed by atoms with van der Waals surface area (Å²) >= 11 is 12.0. The highest BCUT2D eigenvalue weighted by atomic mass is 35.5. The summed E-state index contributed by atoms with van der Waals surface area (Å²) in [6, 6.07) is 14.0. The number of hydrogen-bond acceptors (Lipinski definition) is 5. The van der Waals surface area contributed by atoms with Crippen molar-refractivity contribution in [1.29, 1.82) is 0 Å². The molecule has 1 heterocycles. The normalized spacial score (nSPS) is 14.7. The van der Waals surface area contributed by atoms with Crippen LogP contribution in [0.15, 0.2) is 66.2 Å². The Hall–Kier alpha value is -3.88. The molecule has 36 heavy (non-hydrogen) atoms. The molecule has 184 valence electrons. The molecule has 1 fully saturated rings. The Morgan fingerprint density at radius 1 is 0.944 bits per heavy atom. The van der Waals surface area contributed by atoms with Crippen LogP contribution in [0, 0.1) is 5.82 Å². The molecule has 0 spiro atoms. The van der Waals surface area contributed by atoms with Crippen LogP contribution in [-0.2, 0) is 16.2 Å². The van der Waals surface area contributed by atoms with Gasteiger partial charge in [-0.15, -0.1) is 0 Å². The van der Waals surface area contributed by atoms with Gasteiger partial charge < -0.3 is 9.47 Å². The Bertz CT molecular complexity index is 1390. The average molecular weight is 529 g/mol. The quantitative estimate of drug-likeness (QED) is 0.310. The third-order valence-corrected chi connectivity index (χ3v) is 5.86. The Balaban J connectivity index is 1.61. The summed E-state index contributed by atoms with van der Waals surface area (Å²) in [6.07, 6.45) is 1.32. The van der Waals surface area contributed by atoms with Gasteiger partial charge in [-0.3, -0.25) is 14.9 Å². The lowest BCUT2D eigenvalue weighted by molar-refractivity contribution is -0.122. The average Bonchev–Trinajstić information content (AvgIpc) is 2.83. The molecule has 0 saturated carbocycles. The van der Waals surface area contributed by atoms with Crippen LogP contribution in [0.25, 0.3) is 6.08 Å². The Labute approximate surface area is 216 Å². The first-order chi connectivity index (χ1) is 17.3. The molecule has 3 aromatic rings. The number of nitrogens with zero attached hydrogens (tertiary/aromatic N) is 1. The van der Waals surface area contributed by atoms with Crippen LogP contribution < -0.4 is 19.7 Å². The second kappa shape index (κ2) is 10.8. The molecule has 1 aliphatic rings. The number of anilines is 1. The summed E-state index contributed by atoms with van der Waals surface area (Å²) in [7, 11) is 0. The number of urea groups is 1. The Morgan fingerprint density at radius 3 is 2.47 bits per heavy atom. The minimum absolute atomic E-state index is 0.00282. The van der Waals surface area contributed by atoms with E-state index in [9.17, 15) is 18.8 Å². The van der Waals surface area contributed by atoms with E-state index in [1.54, 1.807) is 43.3 Å². The molecule has 1 aliphatic heterocycles. The highest BCUT2D eigenvalue weighted by molar-refractivity contribution is 6.42. The van der Waals surface area contributed by atoms with Crippen molar-refractivity contribution >= 4 is 52.8 Å². The molecule has 7 nitrogen and oxygen atoms in total. The number of halogens is 3. The maximum absolute atomic E-state index is 13.7. The van der Waals surface area contributed by atoms with Gasteiger partial charge >= 0.3 is 6.03 Å². The zero-order chi connectivity index (χ0) is 25.8. The lowest BCUT2D eigenvalue weighted by Crippen LogP contribution is -2.54. The number of nitrogens with one attached hydrogen (secondary N) is 1. The maximum Gasteiger partial charge on any atom is 0.335 e. The highest BCUT2D eigenvalue weighted by Crippen LogP contribution is 2.32. The van der Waals surface area contributed by atoms with E-state index in [0.717, 1.165) is 11.6 Å². The predicted octanol–water partition coefficient (Wildman–Crippen LogP) is 5.78. The van der Waals surface area contributed by atoms with Gasteiger partial charge in [0.25, 0.3) is 11.8 Å². The monoisotopic (exact) mass is 528 g/mol. The van der Waals surface area contributed by atoms with Crippen molar-refractivity contribution in [2.75, 3.05) is 11.5 Å². The summed E-state index contributed by atoms with van der Waals surface area (Å²) < 4.78 is 25.2. The van der Waals surface area contributed by atoms with Crippen molar-refractivity contribution in [3.63, 3.8) is 0 Å². The summed E-state index contributed by atoms with van der Waals surface area (Å²) in [5, 5.41) is 2.95. The first-order valence-electron chi connectivity index (χ1n) is 10.8. The molecule has 1 N–H and O–H groups in total. The third kappa shape index (κ3) is 5.50. The number of carbonyl (C=O) groups excluding carboxylic acids is 3. The standard InChI is InChI=1S/C26H19Cl2FN2O5/c1-2-35-23-12-15(7-9-22(23)36-14-16-6-8-20(27)21(28)11-16)10-19-24(32)30-26(34)31(25(19)33)18-5-3-4-17(29)13-18/h3-13H,2,14H2,1H3,(H,30,32,34)/b19-10+. The number of imide groups is 2. The number of benzene rings is 3. The number of amides is 4. The SMILES string of the molecule is CCOc1cc(/C=C2\C(=O)NC(=O)N(c3cccc(F)c3)C2=O)ccc1OCc1ccc(Cl)c(Cl)c1. The first kappa shape index (κ1) is 25.2. The maximum atomic E-state index is 13.7. The second-order valence-electron chi connectivity index (χ2n) is 7.61. The zero-order valence-electron chi connectivity index (χ0n) is 18.9. The van der Waals surface area contributed by atoms with E-state index in [1.807, 2.05) is 0 Å². The van der Waals surface area contributed by atoms with Gasteiger partial charge in [0.15, 0.2) is 11.5 Å². The molecule has 10 heteroatoms. The molecule has 0 radical (unpaired) electrons. The molecule has 3 aromatic carbocycles. The molecule has 0 aromatic heterocycles. The number of ether oxygens (including phenoxy) is 2. The van der Waals surface area contributed by atoms with Crippen LogP contribution in [0.1, 0.15) is 18.1 Å². The molecule has 4 amide bonds. The van der Waals surface area contributed by atoms with Crippen molar-refractivity contribution in [3.05, 3.63) is 93.2 Å². The van der Waals surface area contributed by atoms with E-state index in [1.165, 1.54) is 24.3 Å². The fourth-order valence-electron chi connectivity index (χ4n) is 3.47. The Kier molecular flexibility index (Phi) is 7.57. The molecular formula is C26H19Cl2FN2O5. The minimum Gasteiger partial charge on any atom is -0.490 e. The smallest absolute Gasteiger partial charge is 0.335 e. The van der Waals surface area contributed by atoms with Crippen LogP contribution in [0.5, 0.6) is 11.5 Å². The lowest BCUT2D eigenvalue weighted by Gasteiger charge is -2.26. The van der Waals surface area contributed by atoms with Gasteiger partial charge in [-0.2, -0.15) is 0 Å². The van der Waals surface area contributed by atoms with E-state index in [-0.39, 0.29) is 17.9 Å². The fraction of sp³-hybridized carbons (Fsp3) is 0.115. The summed E-state index contributed by atoms with van der Waals surface area (Å²) in [5.74, 6) is -1.56. The van der Waals surface area contributed by atoms with E-state index < -0.39 is 23.7 Å². The van der Waals surface area contributed by atoms with Crippen LogP contribution in [-0.4, -0.2) is 24.5 Å². The van der Waals surface area contributed by atoms with Crippen molar-refractivity contribution in [1.82, 2.24) is 5.32 Å². The minimum atomic E-state index is -0.964. The first-order valence-corrected chi connectivity index (χ1v) is 11.5. The summed E-state index contributed by atoms with van der Waals surface area (Å²) in [4.78, 5) is 38.5. The highest BCUT2D eigenvalue weighted by Gasteiger charge is 2.37. The van der Waals surface area contributed by atoms with E-state index in [0.29, 0.717) is 38.6 Å². The van der Waals surface area contributed by atoms with Crippen LogP contribution in [0.2, 0.25) is 10.0 Å². The number of rotatable bonds is 7. The molecule has 1 saturated heterocycles. The largest absolute Gasteiger partial charge is 0.490 e. The lowest BCUT2D eigenvalue weighted by atomic mass is 10.1. The van der Waals surface area contributed by atoms with E-state index >= 15 is 0 Å².